The molecule has 0 saturated carbocycles. The van der Waals surface area contributed by atoms with Crippen molar-refractivity contribution in [2.75, 3.05) is 38.4 Å². The van der Waals surface area contributed by atoms with Crippen molar-refractivity contribution in [3.05, 3.63) is 47.9 Å². The molecule has 1 aliphatic heterocycles. The van der Waals surface area contributed by atoms with Gasteiger partial charge in [0.1, 0.15) is 23.9 Å². The number of hydrogen-bond donors (Lipinski definition) is 2. The van der Waals surface area contributed by atoms with Crippen LogP contribution in [0, 0.1) is 17.7 Å². The fraction of sp³-hybridized carbons (Fsp3) is 0.370. The van der Waals surface area contributed by atoms with Crippen LogP contribution in [0.1, 0.15) is 18.5 Å². The summed E-state index contributed by atoms with van der Waals surface area (Å²) in [5, 5.41) is 5.66. The molecule has 9 nitrogen and oxygen atoms in total. The quantitative estimate of drug-likeness (QED) is 0.305. The highest BCUT2D eigenvalue weighted by Crippen LogP contribution is 2.33. The van der Waals surface area contributed by atoms with E-state index in [9.17, 15) is 30.8 Å². The Morgan fingerprint density at radius 2 is 1.88 bits per heavy atom. The first-order chi connectivity index (χ1) is 19.3. The fourth-order valence-corrected chi connectivity index (χ4v) is 4.93. The molecular formula is C27H27F4N3O6S. The monoisotopic (exact) mass is 597 g/mol. The van der Waals surface area contributed by atoms with Crippen molar-refractivity contribution in [1.29, 1.82) is 0 Å². The number of sulfone groups is 1. The zero-order valence-corrected chi connectivity index (χ0v) is 22.9. The average molecular weight is 598 g/mol. The van der Waals surface area contributed by atoms with Crippen LogP contribution in [-0.4, -0.2) is 64.4 Å². The van der Waals surface area contributed by atoms with Crippen molar-refractivity contribution < 1.29 is 45.0 Å². The van der Waals surface area contributed by atoms with Crippen LogP contribution >= 0.6 is 0 Å². The molecule has 14 heteroatoms. The Kier molecular flexibility index (Phi) is 8.98. The minimum Gasteiger partial charge on any atom is -0.495 e. The molecule has 1 aromatic heterocycles. The van der Waals surface area contributed by atoms with Gasteiger partial charge in [0.15, 0.2) is 9.84 Å². The van der Waals surface area contributed by atoms with Crippen molar-refractivity contribution in [3.63, 3.8) is 0 Å². The number of nitrogens with one attached hydrogen (secondary N) is 2. The third-order valence-electron chi connectivity index (χ3n) is 6.22. The number of fused-ring (bicyclic) bond motifs is 1. The number of methoxy groups -OCH3 is 1. The van der Waals surface area contributed by atoms with Gasteiger partial charge in [-0.2, -0.15) is 13.2 Å². The van der Waals surface area contributed by atoms with E-state index < -0.39 is 34.5 Å². The second-order valence-corrected chi connectivity index (χ2v) is 11.3. The normalized spacial score (nSPS) is 14.3. The summed E-state index contributed by atoms with van der Waals surface area (Å²) in [5.41, 5.74) is 0.184. The van der Waals surface area contributed by atoms with E-state index in [-0.39, 0.29) is 45.6 Å². The number of aromatic nitrogens is 1. The van der Waals surface area contributed by atoms with E-state index in [1.807, 2.05) is 0 Å². The van der Waals surface area contributed by atoms with Gasteiger partial charge in [0.05, 0.1) is 35.4 Å². The van der Waals surface area contributed by atoms with E-state index in [4.69, 9.17) is 14.2 Å². The van der Waals surface area contributed by atoms with Gasteiger partial charge in [0, 0.05) is 43.0 Å². The van der Waals surface area contributed by atoms with Gasteiger partial charge in [0.2, 0.25) is 0 Å². The number of hydrogen-bond acceptors (Lipinski definition) is 7. The largest absolute Gasteiger partial charge is 0.495 e. The first-order valence-corrected chi connectivity index (χ1v) is 14.3. The molecule has 0 spiro atoms. The van der Waals surface area contributed by atoms with Crippen molar-refractivity contribution in [2.24, 2.45) is 0 Å². The summed E-state index contributed by atoms with van der Waals surface area (Å²) in [7, 11) is -2.11. The summed E-state index contributed by atoms with van der Waals surface area (Å²) < 4.78 is 95.0. The Balaban J connectivity index is 1.60. The molecule has 41 heavy (non-hydrogen) atoms. The minimum atomic E-state index is -4.65. The van der Waals surface area contributed by atoms with E-state index in [2.05, 4.69) is 22.5 Å². The summed E-state index contributed by atoms with van der Waals surface area (Å²) in [4.78, 5) is 12.5. The highest BCUT2D eigenvalue weighted by atomic mass is 32.2. The van der Waals surface area contributed by atoms with Crippen LogP contribution in [0.3, 0.4) is 0 Å². The number of anilines is 1. The van der Waals surface area contributed by atoms with Crippen molar-refractivity contribution >= 4 is 32.5 Å². The van der Waals surface area contributed by atoms with E-state index in [0.717, 1.165) is 23.0 Å². The van der Waals surface area contributed by atoms with Gasteiger partial charge < -0.3 is 29.4 Å². The molecule has 1 saturated heterocycles. The number of ether oxygens (including phenoxy) is 3. The molecular weight excluding hydrogens is 570 g/mol. The molecule has 0 aliphatic carbocycles. The minimum absolute atomic E-state index is 0.0483. The molecule has 1 fully saturated rings. The zero-order valence-electron chi connectivity index (χ0n) is 22.1. The summed E-state index contributed by atoms with van der Waals surface area (Å²) in [6.07, 6.45) is -3.32. The van der Waals surface area contributed by atoms with E-state index in [0.29, 0.717) is 31.7 Å². The highest BCUT2D eigenvalue weighted by molar-refractivity contribution is 7.90. The van der Waals surface area contributed by atoms with Gasteiger partial charge in [-0.05, 0) is 43.0 Å². The molecule has 220 valence electrons. The van der Waals surface area contributed by atoms with Crippen LogP contribution < -0.4 is 20.1 Å². The SMILES string of the molecule is COc1cc(S(C)(=O)=O)ccc1NCC#Cc1cc2c(OC(=O)NC3CCOCC3)cc(F)cc2n1CC(F)(F)F. The van der Waals surface area contributed by atoms with Crippen molar-refractivity contribution in [2.45, 2.75) is 36.5 Å². The van der Waals surface area contributed by atoms with Crippen LogP contribution in [0.15, 0.2) is 41.3 Å². The van der Waals surface area contributed by atoms with Crippen LogP contribution in [0.25, 0.3) is 10.9 Å². The Hall–Kier alpha value is -3.96. The second-order valence-electron chi connectivity index (χ2n) is 9.28. The molecule has 0 atom stereocenters. The first-order valence-electron chi connectivity index (χ1n) is 12.4. The number of alkyl halides is 3. The third kappa shape index (κ3) is 7.83. The molecule has 2 N–H and O–H groups in total. The Morgan fingerprint density at radius 3 is 2.54 bits per heavy atom. The highest BCUT2D eigenvalue weighted by Gasteiger charge is 2.30. The van der Waals surface area contributed by atoms with Crippen LogP contribution in [-0.2, 0) is 21.1 Å². The lowest BCUT2D eigenvalue weighted by molar-refractivity contribution is -0.140. The predicted molar refractivity (Wildman–Crippen MR) is 142 cm³/mol. The maximum absolute atomic E-state index is 14.5. The Morgan fingerprint density at radius 1 is 1.15 bits per heavy atom. The predicted octanol–water partition coefficient (Wildman–Crippen LogP) is 4.49. The number of carbonyl (C=O) groups is 1. The summed E-state index contributed by atoms with van der Waals surface area (Å²) in [6, 6.07) is 7.13. The number of nitrogens with zero attached hydrogens (tertiary/aromatic N) is 1. The number of rotatable bonds is 7. The van der Waals surface area contributed by atoms with Gasteiger partial charge in [-0.15, -0.1) is 0 Å². The number of amides is 1. The van der Waals surface area contributed by atoms with Gasteiger partial charge in [-0.1, -0.05) is 5.92 Å². The molecule has 3 aromatic rings. The van der Waals surface area contributed by atoms with E-state index in [1.165, 1.54) is 31.4 Å². The summed E-state index contributed by atoms with van der Waals surface area (Å²) in [5.74, 6) is 4.46. The standard InChI is InChI=1S/C27H27F4N3O6S/c1-38-25-15-20(41(2,36)37)5-6-22(25)32-9-3-4-19-14-21-23(34(19)16-27(29,30)31)12-17(28)13-24(21)40-26(35)33-18-7-10-39-11-8-18/h5-6,12-15,18,32H,7-11,16H2,1-2H3,(H,33,35). The number of halogens is 4. The third-order valence-corrected chi connectivity index (χ3v) is 7.33. The molecule has 4 rings (SSSR count). The zero-order chi connectivity index (χ0) is 29.8. The Labute approximate surface area is 233 Å². The van der Waals surface area contributed by atoms with Gasteiger partial charge in [-0.25, -0.2) is 17.6 Å². The van der Waals surface area contributed by atoms with Crippen LogP contribution in [0.2, 0.25) is 0 Å². The molecule has 1 aliphatic rings. The van der Waals surface area contributed by atoms with Crippen molar-refractivity contribution in [1.82, 2.24) is 9.88 Å². The summed E-state index contributed by atoms with van der Waals surface area (Å²) >= 11 is 0. The van der Waals surface area contributed by atoms with E-state index >= 15 is 0 Å². The average Bonchev–Trinajstić information content (AvgIpc) is 3.22. The van der Waals surface area contributed by atoms with E-state index in [1.54, 1.807) is 0 Å². The van der Waals surface area contributed by atoms with Crippen LogP contribution in [0.4, 0.5) is 28.0 Å². The molecule has 0 bridgehead atoms. The van der Waals surface area contributed by atoms with Crippen LogP contribution in [0.5, 0.6) is 11.5 Å². The summed E-state index contributed by atoms with van der Waals surface area (Å²) in [6.45, 7) is -0.574. The van der Waals surface area contributed by atoms with Gasteiger partial charge >= 0.3 is 12.3 Å². The second kappa shape index (κ2) is 12.3. The lowest BCUT2D eigenvalue weighted by Crippen LogP contribution is -2.40. The smallest absolute Gasteiger partial charge is 0.412 e. The van der Waals surface area contributed by atoms with Gasteiger partial charge in [-0.3, -0.25) is 0 Å². The fourth-order valence-electron chi connectivity index (χ4n) is 4.29. The van der Waals surface area contributed by atoms with Crippen molar-refractivity contribution in [3.8, 4) is 23.3 Å². The molecule has 0 unspecified atom stereocenters. The maximum atomic E-state index is 14.5. The lowest BCUT2D eigenvalue weighted by Gasteiger charge is -2.22. The molecule has 0 radical (unpaired) electrons. The molecule has 2 aromatic carbocycles. The number of benzene rings is 2. The topological polar surface area (TPSA) is 108 Å². The molecule has 2 heterocycles. The lowest BCUT2D eigenvalue weighted by atomic mass is 10.1. The maximum Gasteiger partial charge on any atom is 0.412 e. The number of carbonyl (C=O) groups excluding carboxylic acids is 1. The van der Waals surface area contributed by atoms with Gasteiger partial charge in [0.25, 0.3) is 0 Å². The first kappa shape index (κ1) is 30.0. The Bertz CT molecular complexity index is 1600. The molecule has 1 amide bonds.